The van der Waals surface area contributed by atoms with Crippen molar-refractivity contribution in [3.05, 3.63) is 35.6 Å². The van der Waals surface area contributed by atoms with Crippen LogP contribution >= 0.6 is 0 Å². The predicted molar refractivity (Wildman–Crippen MR) is 89.1 cm³/mol. The molecule has 0 spiro atoms. The molecule has 1 N–H and O–H groups in total. The van der Waals surface area contributed by atoms with Gasteiger partial charge in [-0.1, -0.05) is 39.0 Å². The van der Waals surface area contributed by atoms with E-state index in [9.17, 15) is 4.39 Å². The minimum absolute atomic E-state index is 0.0939. The van der Waals surface area contributed by atoms with Gasteiger partial charge in [0.25, 0.3) is 0 Å². The van der Waals surface area contributed by atoms with Crippen molar-refractivity contribution in [2.45, 2.75) is 52.5 Å². The lowest BCUT2D eigenvalue weighted by Gasteiger charge is -2.25. The Morgan fingerprint density at radius 2 is 1.67 bits per heavy atom. The van der Waals surface area contributed by atoms with Crippen LogP contribution in [0.25, 0.3) is 0 Å². The Morgan fingerprint density at radius 1 is 1.00 bits per heavy atom. The second kappa shape index (κ2) is 10.7. The smallest absolute Gasteiger partial charge is 0.127 e. The molecular weight excluding hydrogens is 263 g/mol. The Hall–Kier alpha value is -0.930. The highest BCUT2D eigenvalue weighted by atomic mass is 19.1. The molecule has 2 nitrogen and oxygen atoms in total. The first-order valence-electron chi connectivity index (χ1n) is 8.43. The molecule has 0 heterocycles. The summed E-state index contributed by atoms with van der Waals surface area (Å²) in [5, 5.41) is 3.50. The largest absolute Gasteiger partial charge is 0.310 e. The third kappa shape index (κ3) is 6.58. The Labute approximate surface area is 129 Å². The van der Waals surface area contributed by atoms with E-state index in [1.165, 1.54) is 12.8 Å². The van der Waals surface area contributed by atoms with Gasteiger partial charge in [-0.15, -0.1) is 0 Å². The van der Waals surface area contributed by atoms with Crippen molar-refractivity contribution in [2.75, 3.05) is 26.2 Å². The number of nitrogens with zero attached hydrogens (tertiary/aromatic N) is 1. The van der Waals surface area contributed by atoms with E-state index in [4.69, 9.17) is 0 Å². The average Bonchev–Trinajstić information content (AvgIpc) is 2.49. The first-order valence-corrected chi connectivity index (χ1v) is 8.43. The van der Waals surface area contributed by atoms with Crippen LogP contribution in [0.15, 0.2) is 24.3 Å². The summed E-state index contributed by atoms with van der Waals surface area (Å²) in [4.78, 5) is 2.49. The van der Waals surface area contributed by atoms with Crippen LogP contribution in [0.4, 0.5) is 4.39 Å². The molecule has 1 rings (SSSR count). The van der Waals surface area contributed by atoms with Crippen LogP contribution in [-0.2, 0) is 0 Å². The van der Waals surface area contributed by atoms with Crippen LogP contribution in [0.5, 0.6) is 0 Å². The maximum atomic E-state index is 14.0. The average molecular weight is 294 g/mol. The summed E-state index contributed by atoms with van der Waals surface area (Å²) in [5.41, 5.74) is 0.805. The summed E-state index contributed by atoms with van der Waals surface area (Å²) in [6.07, 6.45) is 4.37. The molecule has 0 aromatic heterocycles. The van der Waals surface area contributed by atoms with Crippen molar-refractivity contribution in [3.8, 4) is 0 Å². The lowest BCUT2D eigenvalue weighted by atomic mass is 10.0. The molecule has 3 heteroatoms. The maximum absolute atomic E-state index is 14.0. The van der Waals surface area contributed by atoms with Gasteiger partial charge in [0.05, 0.1) is 0 Å². The molecule has 1 unspecified atom stereocenters. The third-order valence-corrected chi connectivity index (χ3v) is 3.74. The van der Waals surface area contributed by atoms with Crippen molar-refractivity contribution in [1.29, 1.82) is 0 Å². The van der Waals surface area contributed by atoms with Crippen LogP contribution in [0, 0.1) is 5.82 Å². The Morgan fingerprint density at radius 3 is 2.24 bits per heavy atom. The van der Waals surface area contributed by atoms with Crippen molar-refractivity contribution < 1.29 is 4.39 Å². The summed E-state index contributed by atoms with van der Waals surface area (Å²) < 4.78 is 14.0. The van der Waals surface area contributed by atoms with Gasteiger partial charge in [-0.05, 0) is 57.9 Å². The normalized spacial score (nSPS) is 12.8. The Bertz CT molecular complexity index is 375. The third-order valence-electron chi connectivity index (χ3n) is 3.74. The molecule has 1 atom stereocenters. The Kier molecular flexibility index (Phi) is 9.27. The summed E-state index contributed by atoms with van der Waals surface area (Å²) >= 11 is 0. The van der Waals surface area contributed by atoms with E-state index >= 15 is 0 Å². The van der Waals surface area contributed by atoms with E-state index in [0.717, 1.165) is 44.6 Å². The lowest BCUT2D eigenvalue weighted by molar-refractivity contribution is 0.256. The number of halogens is 1. The molecule has 0 fully saturated rings. The van der Waals surface area contributed by atoms with Crippen LogP contribution in [0.2, 0.25) is 0 Å². The second-order valence-electron chi connectivity index (χ2n) is 5.66. The maximum Gasteiger partial charge on any atom is 0.127 e. The highest BCUT2D eigenvalue weighted by Crippen LogP contribution is 2.20. The minimum Gasteiger partial charge on any atom is -0.310 e. The van der Waals surface area contributed by atoms with E-state index in [1.54, 1.807) is 12.1 Å². The fourth-order valence-electron chi connectivity index (χ4n) is 2.72. The molecule has 0 aliphatic heterocycles. The van der Waals surface area contributed by atoms with Gasteiger partial charge < -0.3 is 10.2 Å². The van der Waals surface area contributed by atoms with Crippen molar-refractivity contribution >= 4 is 0 Å². The van der Waals surface area contributed by atoms with Crippen LogP contribution < -0.4 is 5.32 Å². The molecule has 21 heavy (non-hydrogen) atoms. The van der Waals surface area contributed by atoms with Crippen molar-refractivity contribution in [3.63, 3.8) is 0 Å². The molecule has 0 bridgehead atoms. The quantitative estimate of drug-likeness (QED) is 0.651. The molecular formula is C18H31FN2. The number of hydrogen-bond donors (Lipinski definition) is 1. The first-order chi connectivity index (χ1) is 10.2. The first kappa shape index (κ1) is 18.1. The lowest BCUT2D eigenvalue weighted by Crippen LogP contribution is -2.31. The van der Waals surface area contributed by atoms with Gasteiger partial charge in [0.15, 0.2) is 0 Å². The monoisotopic (exact) mass is 294 g/mol. The number of hydrogen-bond acceptors (Lipinski definition) is 2. The van der Waals surface area contributed by atoms with Gasteiger partial charge in [-0.3, -0.25) is 0 Å². The van der Waals surface area contributed by atoms with Gasteiger partial charge in [-0.25, -0.2) is 4.39 Å². The van der Waals surface area contributed by atoms with E-state index in [2.05, 4.69) is 31.0 Å². The highest BCUT2D eigenvalue weighted by molar-refractivity contribution is 5.21. The zero-order valence-corrected chi connectivity index (χ0v) is 13.9. The summed E-state index contributed by atoms with van der Waals surface area (Å²) in [6.45, 7) is 10.8. The van der Waals surface area contributed by atoms with Gasteiger partial charge in [0, 0.05) is 11.6 Å². The summed E-state index contributed by atoms with van der Waals surface area (Å²) in [7, 11) is 0. The fourth-order valence-corrected chi connectivity index (χ4v) is 2.72. The highest BCUT2D eigenvalue weighted by Gasteiger charge is 2.15. The number of nitrogens with one attached hydrogen (secondary N) is 1. The standard InChI is InChI=1S/C18H31FN2/c1-4-12-20-18(16-9-7-8-10-17(16)19)11-15-21(13-5-2)14-6-3/h7-10,18,20H,4-6,11-15H2,1-3H3. The van der Waals surface area contributed by atoms with Crippen molar-refractivity contribution in [2.24, 2.45) is 0 Å². The minimum atomic E-state index is -0.0939. The molecule has 0 saturated carbocycles. The van der Waals surface area contributed by atoms with E-state index < -0.39 is 0 Å². The number of benzene rings is 1. The molecule has 120 valence electrons. The topological polar surface area (TPSA) is 15.3 Å². The fraction of sp³-hybridized carbons (Fsp3) is 0.667. The molecule has 0 amide bonds. The van der Waals surface area contributed by atoms with Crippen LogP contribution in [0.3, 0.4) is 0 Å². The molecule has 0 aliphatic carbocycles. The molecule has 1 aromatic carbocycles. The summed E-state index contributed by atoms with van der Waals surface area (Å²) in [6, 6.07) is 7.27. The zero-order chi connectivity index (χ0) is 15.5. The van der Waals surface area contributed by atoms with Crippen LogP contribution in [-0.4, -0.2) is 31.1 Å². The van der Waals surface area contributed by atoms with Gasteiger partial charge in [0.2, 0.25) is 0 Å². The molecule has 0 radical (unpaired) electrons. The van der Waals surface area contributed by atoms with Gasteiger partial charge in [-0.2, -0.15) is 0 Å². The number of rotatable bonds is 11. The Balaban J connectivity index is 2.67. The zero-order valence-electron chi connectivity index (χ0n) is 13.9. The van der Waals surface area contributed by atoms with Gasteiger partial charge >= 0.3 is 0 Å². The molecule has 1 aromatic rings. The predicted octanol–water partition coefficient (Wildman–Crippen LogP) is 4.38. The SMILES string of the molecule is CCCNC(CCN(CCC)CCC)c1ccccc1F. The van der Waals surface area contributed by atoms with E-state index in [1.807, 2.05) is 12.1 Å². The summed E-state index contributed by atoms with van der Waals surface area (Å²) in [5.74, 6) is -0.0939. The van der Waals surface area contributed by atoms with Crippen molar-refractivity contribution in [1.82, 2.24) is 10.2 Å². The van der Waals surface area contributed by atoms with Gasteiger partial charge in [0.1, 0.15) is 5.82 Å². The molecule has 0 aliphatic rings. The van der Waals surface area contributed by atoms with E-state index in [-0.39, 0.29) is 11.9 Å². The van der Waals surface area contributed by atoms with Crippen LogP contribution in [0.1, 0.15) is 58.1 Å². The van der Waals surface area contributed by atoms with E-state index in [0.29, 0.717) is 0 Å². The molecule has 0 saturated heterocycles. The second-order valence-corrected chi connectivity index (χ2v) is 5.66.